The number of aromatic amines is 1. The van der Waals surface area contributed by atoms with E-state index >= 15 is 0 Å². The van der Waals surface area contributed by atoms with Crippen molar-refractivity contribution in [3.63, 3.8) is 0 Å². The van der Waals surface area contributed by atoms with Crippen LogP contribution in [-0.2, 0) is 17.9 Å². The van der Waals surface area contributed by atoms with Gasteiger partial charge in [0, 0.05) is 49.1 Å². The van der Waals surface area contributed by atoms with E-state index in [-0.39, 0.29) is 29.8 Å². The summed E-state index contributed by atoms with van der Waals surface area (Å²) in [6.07, 6.45) is 4.88. The first kappa shape index (κ1) is 25.0. The van der Waals surface area contributed by atoms with Gasteiger partial charge in [0.05, 0.1) is 23.9 Å². The van der Waals surface area contributed by atoms with Crippen LogP contribution in [0, 0.1) is 5.92 Å². The van der Waals surface area contributed by atoms with Gasteiger partial charge < -0.3 is 15.0 Å². The summed E-state index contributed by atoms with van der Waals surface area (Å²) in [5.74, 6) is 0.297. The molecule has 0 bridgehead atoms. The SMILES string of the molecule is O=C([C@H]1CCN(Cc2ccccc2)C[C@@H]1c1cccs1)N1CCC(O)(Cn2cnc3[nH]ccc3c2=O)CC1. The van der Waals surface area contributed by atoms with Gasteiger partial charge in [-0.15, -0.1) is 11.3 Å². The normalized spacial score (nSPS) is 22.1. The van der Waals surface area contributed by atoms with E-state index in [2.05, 4.69) is 56.6 Å². The van der Waals surface area contributed by atoms with Gasteiger partial charge in [0.1, 0.15) is 5.65 Å². The number of aliphatic hydroxyl groups is 1. The van der Waals surface area contributed by atoms with Gasteiger partial charge in [-0.1, -0.05) is 36.4 Å². The van der Waals surface area contributed by atoms with E-state index in [0.29, 0.717) is 37.0 Å². The first-order valence-electron chi connectivity index (χ1n) is 13.3. The van der Waals surface area contributed by atoms with Gasteiger partial charge in [0.25, 0.3) is 5.56 Å². The Kier molecular flexibility index (Phi) is 6.90. The summed E-state index contributed by atoms with van der Waals surface area (Å²) in [5, 5.41) is 13.9. The Morgan fingerprint density at radius 2 is 1.92 bits per heavy atom. The Labute approximate surface area is 225 Å². The number of fused-ring (bicyclic) bond motifs is 1. The Bertz CT molecular complexity index is 1440. The summed E-state index contributed by atoms with van der Waals surface area (Å²) >= 11 is 1.73. The topological polar surface area (TPSA) is 94.5 Å². The van der Waals surface area contributed by atoms with Crippen molar-refractivity contribution < 1.29 is 9.90 Å². The fourth-order valence-electron chi connectivity index (χ4n) is 6.03. The van der Waals surface area contributed by atoms with Crippen LogP contribution < -0.4 is 5.56 Å². The van der Waals surface area contributed by atoms with E-state index in [1.807, 2.05) is 11.0 Å². The quantitative estimate of drug-likeness (QED) is 0.398. The molecule has 5 heterocycles. The number of piperidine rings is 2. The van der Waals surface area contributed by atoms with Crippen LogP contribution in [0.3, 0.4) is 0 Å². The molecule has 2 saturated heterocycles. The van der Waals surface area contributed by atoms with E-state index in [1.54, 1.807) is 23.6 Å². The van der Waals surface area contributed by atoms with Gasteiger partial charge in [0.2, 0.25) is 5.91 Å². The van der Waals surface area contributed by atoms with Gasteiger partial charge in [-0.3, -0.25) is 19.1 Å². The highest BCUT2D eigenvalue weighted by atomic mass is 32.1. The number of thiophene rings is 1. The zero-order chi connectivity index (χ0) is 26.1. The van der Waals surface area contributed by atoms with E-state index in [4.69, 9.17) is 0 Å². The van der Waals surface area contributed by atoms with Gasteiger partial charge in [0.15, 0.2) is 0 Å². The molecule has 2 atom stereocenters. The fourth-order valence-corrected chi connectivity index (χ4v) is 6.92. The summed E-state index contributed by atoms with van der Waals surface area (Å²) in [6, 6.07) is 16.4. The number of aromatic nitrogens is 3. The summed E-state index contributed by atoms with van der Waals surface area (Å²) in [4.78, 5) is 39.5. The number of nitrogens with zero attached hydrogens (tertiary/aromatic N) is 4. The van der Waals surface area contributed by atoms with Gasteiger partial charge in [-0.2, -0.15) is 0 Å². The molecule has 0 unspecified atom stereocenters. The van der Waals surface area contributed by atoms with Crippen molar-refractivity contribution in [1.29, 1.82) is 0 Å². The van der Waals surface area contributed by atoms with Crippen molar-refractivity contribution >= 4 is 28.3 Å². The lowest BCUT2D eigenvalue weighted by Gasteiger charge is -2.43. The largest absolute Gasteiger partial charge is 0.388 e. The Hall–Kier alpha value is -3.27. The number of benzene rings is 1. The van der Waals surface area contributed by atoms with Gasteiger partial charge >= 0.3 is 0 Å². The van der Waals surface area contributed by atoms with Crippen LogP contribution in [0.5, 0.6) is 0 Å². The summed E-state index contributed by atoms with van der Waals surface area (Å²) in [5.41, 5.74) is 0.638. The molecule has 0 radical (unpaired) electrons. The summed E-state index contributed by atoms with van der Waals surface area (Å²) < 4.78 is 1.49. The maximum absolute atomic E-state index is 13.8. The van der Waals surface area contributed by atoms with Crippen molar-refractivity contribution in [3.8, 4) is 0 Å². The third-order valence-corrected chi connectivity index (χ3v) is 9.19. The number of rotatable bonds is 6. The van der Waals surface area contributed by atoms with Crippen molar-refractivity contribution in [1.82, 2.24) is 24.3 Å². The molecular formula is C29H33N5O3S. The molecule has 198 valence electrons. The number of likely N-dealkylation sites (tertiary alicyclic amines) is 2. The van der Waals surface area contributed by atoms with Gasteiger partial charge in [-0.05, 0) is 48.9 Å². The predicted octanol–water partition coefficient (Wildman–Crippen LogP) is 3.45. The predicted molar refractivity (Wildman–Crippen MR) is 148 cm³/mol. The molecule has 2 fully saturated rings. The maximum Gasteiger partial charge on any atom is 0.262 e. The standard InChI is InChI=1S/C29H33N5O3S/c35-27(22-9-13-32(17-21-5-2-1-3-6-21)18-24(22)25-7-4-16-38-25)33-14-10-29(37,11-15-33)19-34-20-31-26-23(28(34)36)8-12-30-26/h1-8,12,16,20,22,24,30,37H,9-11,13-15,17-19H2/t22-,24-/m0/s1. The number of nitrogens with one attached hydrogen (secondary N) is 1. The molecule has 38 heavy (non-hydrogen) atoms. The molecule has 2 N–H and O–H groups in total. The zero-order valence-electron chi connectivity index (χ0n) is 21.3. The first-order valence-corrected chi connectivity index (χ1v) is 14.2. The maximum atomic E-state index is 13.8. The smallest absolute Gasteiger partial charge is 0.262 e. The second-order valence-electron chi connectivity index (χ2n) is 10.7. The van der Waals surface area contributed by atoms with Crippen molar-refractivity contribution in [2.45, 2.75) is 43.9 Å². The summed E-state index contributed by atoms with van der Waals surface area (Å²) in [6.45, 7) is 3.81. The molecule has 9 heteroatoms. The molecule has 8 nitrogen and oxygen atoms in total. The van der Waals surface area contributed by atoms with Crippen LogP contribution in [0.2, 0.25) is 0 Å². The van der Waals surface area contributed by atoms with E-state index in [0.717, 1.165) is 26.1 Å². The number of carbonyl (C=O) groups excluding carboxylic acids is 1. The Balaban J connectivity index is 1.12. The second-order valence-corrected chi connectivity index (χ2v) is 11.7. The zero-order valence-corrected chi connectivity index (χ0v) is 22.1. The lowest BCUT2D eigenvalue weighted by atomic mass is 9.82. The molecule has 6 rings (SSSR count). The third-order valence-electron chi connectivity index (χ3n) is 8.18. The summed E-state index contributed by atoms with van der Waals surface area (Å²) in [7, 11) is 0. The molecule has 3 aromatic heterocycles. The number of carbonyl (C=O) groups is 1. The minimum Gasteiger partial charge on any atom is -0.388 e. The van der Waals surface area contributed by atoms with Gasteiger partial charge in [-0.25, -0.2) is 4.98 Å². The molecule has 1 amide bonds. The monoisotopic (exact) mass is 531 g/mol. The number of amides is 1. The van der Waals surface area contributed by atoms with Crippen LogP contribution in [-0.4, -0.2) is 67.1 Å². The number of hydrogen-bond donors (Lipinski definition) is 2. The molecule has 4 aromatic rings. The highest BCUT2D eigenvalue weighted by Gasteiger charge is 2.41. The highest BCUT2D eigenvalue weighted by Crippen LogP contribution is 2.37. The fraction of sp³-hybridized carbons (Fsp3) is 0.414. The minimum absolute atomic E-state index is 0.0605. The third kappa shape index (κ3) is 5.06. The molecule has 0 aliphatic carbocycles. The van der Waals surface area contributed by atoms with Crippen LogP contribution in [0.25, 0.3) is 11.0 Å². The van der Waals surface area contributed by atoms with Crippen LogP contribution >= 0.6 is 11.3 Å². The molecule has 1 aromatic carbocycles. The van der Waals surface area contributed by atoms with Crippen molar-refractivity contribution in [3.05, 3.63) is 87.2 Å². The molecule has 0 saturated carbocycles. The van der Waals surface area contributed by atoms with E-state index in [1.165, 1.54) is 21.3 Å². The van der Waals surface area contributed by atoms with Crippen molar-refractivity contribution in [2.24, 2.45) is 5.92 Å². The second kappa shape index (κ2) is 10.5. The van der Waals surface area contributed by atoms with Crippen LogP contribution in [0.4, 0.5) is 0 Å². The molecule has 2 aliphatic rings. The van der Waals surface area contributed by atoms with E-state index in [9.17, 15) is 14.7 Å². The molecule has 2 aliphatic heterocycles. The van der Waals surface area contributed by atoms with E-state index < -0.39 is 5.60 Å². The highest BCUT2D eigenvalue weighted by molar-refractivity contribution is 7.10. The lowest BCUT2D eigenvalue weighted by molar-refractivity contribution is -0.142. The Morgan fingerprint density at radius 1 is 1.11 bits per heavy atom. The van der Waals surface area contributed by atoms with Crippen molar-refractivity contribution in [2.75, 3.05) is 26.2 Å². The molecule has 0 spiro atoms. The lowest BCUT2D eigenvalue weighted by Crippen LogP contribution is -2.53. The van der Waals surface area contributed by atoms with Crippen LogP contribution in [0.1, 0.15) is 35.6 Å². The molecular weight excluding hydrogens is 498 g/mol. The minimum atomic E-state index is -1.04. The van der Waals surface area contributed by atoms with Crippen LogP contribution in [0.15, 0.2) is 71.2 Å². The number of H-pyrrole nitrogens is 1. The average molecular weight is 532 g/mol. The average Bonchev–Trinajstić information content (AvgIpc) is 3.64. The number of hydrogen-bond acceptors (Lipinski definition) is 6. The first-order chi connectivity index (χ1) is 18.5. The Morgan fingerprint density at radius 3 is 2.68 bits per heavy atom.